The molecule has 0 amide bonds. The molecule has 0 saturated carbocycles. The summed E-state index contributed by atoms with van der Waals surface area (Å²) in [6, 6.07) is 11.0. The summed E-state index contributed by atoms with van der Waals surface area (Å²) in [5, 5.41) is 11.6. The van der Waals surface area contributed by atoms with Crippen molar-refractivity contribution in [1.29, 1.82) is 0 Å². The summed E-state index contributed by atoms with van der Waals surface area (Å²) in [6.07, 6.45) is 5.24. The largest absolute Gasteiger partial charge is 0.507 e. The molecule has 7 heteroatoms. The number of H-pyrrole nitrogens is 1. The van der Waals surface area contributed by atoms with E-state index in [1.54, 1.807) is 19.1 Å². The molecular weight excluding hydrogens is 420 g/mol. The van der Waals surface area contributed by atoms with Gasteiger partial charge in [-0.1, -0.05) is 18.2 Å². The predicted molar refractivity (Wildman–Crippen MR) is 124 cm³/mol. The first-order valence-corrected chi connectivity index (χ1v) is 11.3. The molecule has 5 rings (SSSR count). The molecule has 170 valence electrons. The summed E-state index contributed by atoms with van der Waals surface area (Å²) in [6.45, 7) is 3.90. The number of carbonyl (C=O) groups is 2. The van der Waals surface area contributed by atoms with Crippen LogP contribution >= 0.6 is 0 Å². The Morgan fingerprint density at radius 1 is 1.30 bits per heavy atom. The molecule has 1 aromatic heterocycles. The number of aromatic nitrogens is 1. The minimum Gasteiger partial charge on any atom is -0.507 e. The number of likely N-dealkylation sites (tertiary alicyclic amines) is 1. The van der Waals surface area contributed by atoms with Crippen molar-refractivity contribution in [3.8, 4) is 11.5 Å². The fraction of sp³-hybridized carbons (Fsp3) is 0.308. The number of phenols is 1. The van der Waals surface area contributed by atoms with Crippen LogP contribution in [0.5, 0.6) is 11.5 Å². The van der Waals surface area contributed by atoms with Crippen molar-refractivity contribution in [1.82, 2.24) is 9.88 Å². The van der Waals surface area contributed by atoms with Gasteiger partial charge >= 0.3 is 5.97 Å². The number of para-hydroxylation sites is 1. The van der Waals surface area contributed by atoms with E-state index in [4.69, 9.17) is 9.47 Å². The highest BCUT2D eigenvalue weighted by Gasteiger charge is 2.33. The van der Waals surface area contributed by atoms with E-state index < -0.39 is 0 Å². The maximum absolute atomic E-state index is 13.1. The molecular formula is C26H26N2O5. The van der Waals surface area contributed by atoms with Crippen LogP contribution in [0.15, 0.2) is 48.4 Å². The van der Waals surface area contributed by atoms with E-state index in [1.807, 2.05) is 30.5 Å². The number of fused-ring (bicyclic) bond motifs is 2. The Morgan fingerprint density at radius 3 is 3.00 bits per heavy atom. The summed E-state index contributed by atoms with van der Waals surface area (Å²) >= 11 is 0. The fourth-order valence-electron chi connectivity index (χ4n) is 4.68. The number of carbonyl (C=O) groups excluding carboxylic acids is 2. The van der Waals surface area contributed by atoms with Gasteiger partial charge in [-0.05, 0) is 50.6 Å². The Balaban J connectivity index is 1.41. The number of rotatable bonds is 5. The Kier molecular flexibility index (Phi) is 5.64. The van der Waals surface area contributed by atoms with Crippen molar-refractivity contribution in [3.05, 3.63) is 65.0 Å². The lowest BCUT2D eigenvalue weighted by Crippen LogP contribution is -2.39. The van der Waals surface area contributed by atoms with Crippen LogP contribution in [0.3, 0.4) is 0 Å². The van der Waals surface area contributed by atoms with Gasteiger partial charge in [-0.3, -0.25) is 14.5 Å². The summed E-state index contributed by atoms with van der Waals surface area (Å²) < 4.78 is 11.2. The van der Waals surface area contributed by atoms with Gasteiger partial charge < -0.3 is 19.6 Å². The standard InChI is InChI=1S/C26H26N2O5/c1-2-32-26(31)16-6-5-11-28(14-16)15-20-22(29)10-9-19-24(30)23(33-25(19)20)12-17-13-27-21-8-4-3-7-18(17)21/h3-4,7-10,12-13,16,27,29H,2,5-6,11,14-15H2,1H3/b23-12-. The number of nitrogens with one attached hydrogen (secondary N) is 1. The Bertz CT molecular complexity index is 1260. The van der Waals surface area contributed by atoms with Gasteiger partial charge in [0, 0.05) is 35.8 Å². The van der Waals surface area contributed by atoms with E-state index in [2.05, 4.69) is 9.88 Å². The number of piperidine rings is 1. The molecule has 7 nitrogen and oxygen atoms in total. The van der Waals surface area contributed by atoms with Gasteiger partial charge in [0.25, 0.3) is 0 Å². The van der Waals surface area contributed by atoms with E-state index in [1.165, 1.54) is 6.07 Å². The van der Waals surface area contributed by atoms with Crippen LogP contribution in [-0.2, 0) is 16.1 Å². The number of nitrogens with zero attached hydrogens (tertiary/aromatic N) is 1. The molecule has 3 heterocycles. The smallest absolute Gasteiger partial charge is 0.310 e. The second kappa shape index (κ2) is 8.75. The molecule has 1 unspecified atom stereocenters. The van der Waals surface area contributed by atoms with Gasteiger partial charge in [0.05, 0.1) is 23.7 Å². The topological polar surface area (TPSA) is 91.9 Å². The summed E-state index contributed by atoms with van der Waals surface area (Å²) in [5.41, 5.74) is 2.84. The van der Waals surface area contributed by atoms with E-state index in [0.717, 1.165) is 35.9 Å². The maximum atomic E-state index is 13.1. The van der Waals surface area contributed by atoms with E-state index in [0.29, 0.717) is 36.6 Å². The van der Waals surface area contributed by atoms with Crippen LogP contribution in [0.2, 0.25) is 0 Å². The van der Waals surface area contributed by atoms with E-state index >= 15 is 0 Å². The lowest BCUT2D eigenvalue weighted by Gasteiger charge is -2.31. The van der Waals surface area contributed by atoms with Crippen LogP contribution in [0, 0.1) is 5.92 Å². The van der Waals surface area contributed by atoms with Gasteiger partial charge in [-0.25, -0.2) is 0 Å². The number of esters is 1. The van der Waals surface area contributed by atoms with Gasteiger partial charge in [-0.2, -0.15) is 0 Å². The number of aromatic hydroxyl groups is 1. The van der Waals surface area contributed by atoms with Crippen molar-refractivity contribution in [3.63, 3.8) is 0 Å². The number of aromatic amines is 1. The molecule has 2 aromatic carbocycles. The average Bonchev–Trinajstić information content (AvgIpc) is 3.37. The van der Waals surface area contributed by atoms with E-state index in [9.17, 15) is 14.7 Å². The van der Waals surface area contributed by atoms with Crippen LogP contribution in [0.1, 0.15) is 41.3 Å². The SMILES string of the molecule is CCOC(=O)C1CCCN(Cc2c(O)ccc3c2O/C(=C\c2c[nH]c4ccccc24)C3=O)C1. The Labute approximate surface area is 191 Å². The third-order valence-corrected chi connectivity index (χ3v) is 6.33. The van der Waals surface area contributed by atoms with Gasteiger partial charge in [-0.15, -0.1) is 0 Å². The van der Waals surface area contributed by atoms with Crippen molar-refractivity contribution in [2.24, 2.45) is 5.92 Å². The number of ketones is 1. The Hall–Kier alpha value is -3.58. The molecule has 1 saturated heterocycles. The zero-order valence-electron chi connectivity index (χ0n) is 18.5. The van der Waals surface area contributed by atoms with Crippen LogP contribution in [0.4, 0.5) is 0 Å². The molecule has 0 aliphatic carbocycles. The zero-order chi connectivity index (χ0) is 22.9. The van der Waals surface area contributed by atoms with Crippen molar-refractivity contribution in [2.75, 3.05) is 19.7 Å². The molecule has 0 spiro atoms. The minimum atomic E-state index is -0.209. The summed E-state index contributed by atoms with van der Waals surface area (Å²) in [4.78, 5) is 30.6. The van der Waals surface area contributed by atoms with Gasteiger partial charge in [0.15, 0.2) is 5.76 Å². The van der Waals surface area contributed by atoms with Crippen molar-refractivity contribution >= 4 is 28.7 Å². The molecule has 0 bridgehead atoms. The molecule has 33 heavy (non-hydrogen) atoms. The highest BCUT2D eigenvalue weighted by Crippen LogP contribution is 2.41. The number of phenolic OH excluding ortho intramolecular Hbond substituents is 1. The third-order valence-electron chi connectivity index (χ3n) is 6.33. The van der Waals surface area contributed by atoms with Gasteiger partial charge in [0.2, 0.25) is 5.78 Å². The average molecular weight is 447 g/mol. The highest BCUT2D eigenvalue weighted by atomic mass is 16.5. The van der Waals surface area contributed by atoms with Crippen LogP contribution < -0.4 is 4.74 Å². The normalized spacial score (nSPS) is 19.6. The van der Waals surface area contributed by atoms with Crippen molar-refractivity contribution < 1.29 is 24.2 Å². The van der Waals surface area contributed by atoms with Crippen LogP contribution in [0.25, 0.3) is 17.0 Å². The molecule has 2 aliphatic heterocycles. The number of allylic oxidation sites excluding steroid dienone is 1. The molecule has 2 N–H and O–H groups in total. The van der Waals surface area contributed by atoms with Crippen molar-refractivity contribution in [2.45, 2.75) is 26.3 Å². The Morgan fingerprint density at radius 2 is 2.15 bits per heavy atom. The lowest BCUT2D eigenvalue weighted by molar-refractivity contribution is -0.150. The zero-order valence-corrected chi connectivity index (χ0v) is 18.5. The maximum Gasteiger partial charge on any atom is 0.310 e. The fourth-order valence-corrected chi connectivity index (χ4v) is 4.68. The number of hydrogen-bond acceptors (Lipinski definition) is 6. The first kappa shape index (κ1) is 21.3. The van der Waals surface area contributed by atoms with Crippen LogP contribution in [-0.4, -0.2) is 46.4 Å². The first-order chi connectivity index (χ1) is 16.0. The summed E-state index contributed by atoms with van der Waals surface area (Å²) in [7, 11) is 0. The first-order valence-electron chi connectivity index (χ1n) is 11.3. The second-order valence-corrected chi connectivity index (χ2v) is 8.50. The molecule has 1 fully saturated rings. The highest BCUT2D eigenvalue weighted by molar-refractivity contribution is 6.15. The third kappa shape index (κ3) is 4.00. The number of hydrogen-bond donors (Lipinski definition) is 2. The number of ether oxygens (including phenoxy) is 2. The van der Waals surface area contributed by atoms with E-state index in [-0.39, 0.29) is 29.2 Å². The molecule has 2 aliphatic rings. The molecule has 0 radical (unpaired) electrons. The predicted octanol–water partition coefficient (Wildman–Crippen LogP) is 4.26. The minimum absolute atomic E-state index is 0.0770. The summed E-state index contributed by atoms with van der Waals surface area (Å²) in [5.74, 6) is 0.124. The second-order valence-electron chi connectivity index (χ2n) is 8.50. The monoisotopic (exact) mass is 446 g/mol. The number of Topliss-reactive ketones (excluding diaryl/α,β-unsaturated/α-hetero) is 1. The number of benzene rings is 2. The molecule has 3 aromatic rings. The lowest BCUT2D eigenvalue weighted by atomic mass is 9.97. The quantitative estimate of drug-likeness (QED) is 0.449. The molecule has 1 atom stereocenters. The van der Waals surface area contributed by atoms with Gasteiger partial charge in [0.1, 0.15) is 11.5 Å².